The molecule has 0 aromatic heterocycles. The normalized spacial score (nSPS) is 31.0. The van der Waals surface area contributed by atoms with Gasteiger partial charge in [-0.05, 0) is 79.5 Å². The number of hydrogen-bond donors (Lipinski definition) is 1. The molecule has 0 heterocycles. The van der Waals surface area contributed by atoms with Gasteiger partial charge < -0.3 is 0 Å². The Morgan fingerprint density at radius 2 is 2.00 bits per heavy atom. The first-order chi connectivity index (χ1) is 13.7. The molecule has 6 nitrogen and oxygen atoms in total. The molecule has 1 aromatic rings. The van der Waals surface area contributed by atoms with Gasteiger partial charge in [-0.3, -0.25) is 14.1 Å². The molecular weight excluding hydrogens is 390 g/mol. The van der Waals surface area contributed by atoms with E-state index in [2.05, 4.69) is 6.92 Å². The molecule has 0 saturated heterocycles. The molecule has 2 saturated carbocycles. The molecule has 4 rings (SSSR count). The number of benzene rings is 1. The van der Waals surface area contributed by atoms with E-state index < -0.39 is 16.2 Å². The van der Waals surface area contributed by atoms with Gasteiger partial charge in [0.2, 0.25) is 5.91 Å². The zero-order chi connectivity index (χ0) is 21.0. The predicted molar refractivity (Wildman–Crippen MR) is 110 cm³/mol. The SMILES string of the molecule is CCCC(=O)N(c1ccc2c(c1)CC[C@@H]1[C@@H]2CC[C@]2(C)C(=O)CC[C@@H]12)S(=O)(=O)O. The quantitative estimate of drug-likeness (QED) is 0.744. The van der Waals surface area contributed by atoms with Crippen molar-refractivity contribution in [3.8, 4) is 0 Å². The molecule has 0 radical (unpaired) electrons. The fraction of sp³-hybridized carbons (Fsp3) is 0.636. The first kappa shape index (κ1) is 20.5. The fourth-order valence-electron chi connectivity index (χ4n) is 6.19. The van der Waals surface area contributed by atoms with Crippen molar-refractivity contribution in [1.82, 2.24) is 0 Å². The lowest BCUT2D eigenvalue weighted by Crippen LogP contribution is -2.42. The Morgan fingerprint density at radius 3 is 2.69 bits per heavy atom. The van der Waals surface area contributed by atoms with Crippen molar-refractivity contribution in [2.24, 2.45) is 17.3 Å². The van der Waals surface area contributed by atoms with E-state index in [1.807, 2.05) is 6.07 Å². The van der Waals surface area contributed by atoms with E-state index in [9.17, 15) is 22.6 Å². The molecule has 2 fully saturated rings. The molecule has 3 aliphatic carbocycles. The third-order valence-electron chi connectivity index (χ3n) is 7.57. The summed E-state index contributed by atoms with van der Waals surface area (Å²) in [5.74, 6) is 1.09. The maximum Gasteiger partial charge on any atom is 0.366 e. The average molecular weight is 420 g/mol. The summed E-state index contributed by atoms with van der Waals surface area (Å²) >= 11 is 0. The van der Waals surface area contributed by atoms with Crippen molar-refractivity contribution in [3.63, 3.8) is 0 Å². The third-order valence-corrected chi connectivity index (χ3v) is 8.45. The largest absolute Gasteiger partial charge is 0.366 e. The molecule has 1 N–H and O–H groups in total. The summed E-state index contributed by atoms with van der Waals surface area (Å²) in [4.78, 5) is 24.8. The molecule has 158 valence electrons. The van der Waals surface area contributed by atoms with Crippen LogP contribution in [0.4, 0.5) is 5.69 Å². The molecule has 0 unspecified atom stereocenters. The van der Waals surface area contributed by atoms with Crippen molar-refractivity contribution in [2.75, 3.05) is 4.31 Å². The van der Waals surface area contributed by atoms with Gasteiger partial charge in [-0.1, -0.05) is 19.9 Å². The van der Waals surface area contributed by atoms with Crippen molar-refractivity contribution >= 4 is 27.7 Å². The van der Waals surface area contributed by atoms with Gasteiger partial charge in [0.1, 0.15) is 5.78 Å². The number of ketones is 1. The Labute approximate surface area is 172 Å². The number of Topliss-reactive ketones (excluding diaryl/α,β-unsaturated/α-hetero) is 1. The van der Waals surface area contributed by atoms with Gasteiger partial charge in [-0.15, -0.1) is 0 Å². The van der Waals surface area contributed by atoms with E-state index in [4.69, 9.17) is 0 Å². The summed E-state index contributed by atoms with van der Waals surface area (Å²) in [7, 11) is -4.67. The third kappa shape index (κ3) is 3.32. The number of fused-ring (bicyclic) bond motifs is 5. The fourth-order valence-corrected chi connectivity index (χ4v) is 6.92. The van der Waals surface area contributed by atoms with Crippen LogP contribution in [-0.4, -0.2) is 24.7 Å². The van der Waals surface area contributed by atoms with Gasteiger partial charge in [0.25, 0.3) is 0 Å². The van der Waals surface area contributed by atoms with Crippen LogP contribution in [0.1, 0.15) is 75.8 Å². The van der Waals surface area contributed by atoms with Gasteiger partial charge >= 0.3 is 10.3 Å². The van der Waals surface area contributed by atoms with Crippen LogP contribution in [0.3, 0.4) is 0 Å². The number of hydrogen-bond acceptors (Lipinski definition) is 4. The number of nitrogens with zero attached hydrogens (tertiary/aromatic N) is 1. The number of carbonyl (C=O) groups excluding carboxylic acids is 2. The highest BCUT2D eigenvalue weighted by atomic mass is 32.2. The van der Waals surface area contributed by atoms with Crippen LogP contribution in [0, 0.1) is 17.3 Å². The molecule has 0 aliphatic heterocycles. The Hall–Kier alpha value is -1.73. The Bertz CT molecular complexity index is 956. The highest BCUT2D eigenvalue weighted by molar-refractivity contribution is 7.88. The number of amides is 1. The zero-order valence-corrected chi connectivity index (χ0v) is 17.9. The number of anilines is 1. The number of aryl methyl sites for hydroxylation is 1. The second-order valence-electron chi connectivity index (χ2n) is 9.10. The minimum atomic E-state index is -4.67. The minimum absolute atomic E-state index is 0.0515. The molecule has 1 amide bonds. The van der Waals surface area contributed by atoms with Crippen LogP contribution in [0.15, 0.2) is 18.2 Å². The summed E-state index contributed by atoms with van der Waals surface area (Å²) in [6.07, 6.45) is 5.87. The average Bonchev–Trinajstić information content (AvgIpc) is 2.95. The molecule has 3 aliphatic rings. The molecule has 29 heavy (non-hydrogen) atoms. The number of carbonyl (C=O) groups is 2. The van der Waals surface area contributed by atoms with Crippen LogP contribution >= 0.6 is 0 Å². The standard InChI is InChI=1S/C22H29NO5S/c1-3-4-21(25)23(29(26,27)28)15-6-8-16-14(13-15)5-7-18-17(16)11-12-22(2)19(18)9-10-20(22)24/h6,8,13,17-19H,3-5,7,9-12H2,1-2H3,(H,26,27,28)/t17-,18-,19+,22+/m1/s1. The molecule has 4 atom stereocenters. The molecule has 0 bridgehead atoms. The topological polar surface area (TPSA) is 91.8 Å². The highest BCUT2D eigenvalue weighted by Crippen LogP contribution is 2.59. The summed E-state index contributed by atoms with van der Waals surface area (Å²) in [5, 5.41) is 0. The zero-order valence-electron chi connectivity index (χ0n) is 17.1. The van der Waals surface area contributed by atoms with E-state index >= 15 is 0 Å². The van der Waals surface area contributed by atoms with Crippen molar-refractivity contribution in [3.05, 3.63) is 29.3 Å². The van der Waals surface area contributed by atoms with Gasteiger partial charge in [0.15, 0.2) is 0 Å². The lowest BCUT2D eigenvalue weighted by atomic mass is 9.55. The van der Waals surface area contributed by atoms with Crippen molar-refractivity contribution in [2.45, 2.75) is 71.1 Å². The molecule has 7 heteroatoms. The highest BCUT2D eigenvalue weighted by Gasteiger charge is 2.54. The second kappa shape index (κ2) is 7.20. The Balaban J connectivity index is 1.67. The molecular formula is C22H29NO5S. The van der Waals surface area contributed by atoms with Crippen LogP contribution in [0.5, 0.6) is 0 Å². The van der Waals surface area contributed by atoms with E-state index in [-0.39, 0.29) is 17.5 Å². The molecule has 1 aromatic carbocycles. The van der Waals surface area contributed by atoms with Crippen LogP contribution < -0.4 is 4.31 Å². The summed E-state index contributed by atoms with van der Waals surface area (Å²) < 4.78 is 33.9. The van der Waals surface area contributed by atoms with Crippen LogP contribution in [0.2, 0.25) is 0 Å². The van der Waals surface area contributed by atoms with E-state index in [1.165, 1.54) is 5.56 Å². The van der Waals surface area contributed by atoms with Crippen LogP contribution in [-0.2, 0) is 26.3 Å². The van der Waals surface area contributed by atoms with Gasteiger partial charge in [0, 0.05) is 18.3 Å². The second-order valence-corrected chi connectivity index (χ2v) is 10.4. The lowest BCUT2D eigenvalue weighted by molar-refractivity contribution is -0.129. The smallest absolute Gasteiger partial charge is 0.299 e. The first-order valence-corrected chi connectivity index (χ1v) is 12.0. The maximum atomic E-state index is 12.5. The summed E-state index contributed by atoms with van der Waals surface area (Å²) in [6.45, 7) is 3.93. The van der Waals surface area contributed by atoms with E-state index in [0.717, 1.165) is 37.7 Å². The Kier molecular flexibility index (Phi) is 5.10. The van der Waals surface area contributed by atoms with Crippen LogP contribution in [0.25, 0.3) is 0 Å². The summed E-state index contributed by atoms with van der Waals surface area (Å²) in [6, 6.07) is 5.31. The Morgan fingerprint density at radius 1 is 1.24 bits per heavy atom. The van der Waals surface area contributed by atoms with Gasteiger partial charge in [0.05, 0.1) is 5.69 Å². The minimum Gasteiger partial charge on any atom is -0.299 e. The monoisotopic (exact) mass is 419 g/mol. The summed E-state index contributed by atoms with van der Waals surface area (Å²) in [5.41, 5.74) is 2.30. The van der Waals surface area contributed by atoms with Gasteiger partial charge in [-0.2, -0.15) is 12.7 Å². The van der Waals surface area contributed by atoms with E-state index in [1.54, 1.807) is 19.1 Å². The lowest BCUT2D eigenvalue weighted by Gasteiger charge is -2.48. The van der Waals surface area contributed by atoms with E-state index in [0.29, 0.717) is 40.7 Å². The predicted octanol–water partition coefficient (Wildman–Crippen LogP) is 4.05. The maximum absolute atomic E-state index is 12.5. The van der Waals surface area contributed by atoms with Crippen molar-refractivity contribution in [1.29, 1.82) is 0 Å². The van der Waals surface area contributed by atoms with Crippen molar-refractivity contribution < 1.29 is 22.6 Å². The molecule has 0 spiro atoms. The van der Waals surface area contributed by atoms with Gasteiger partial charge in [-0.25, -0.2) is 0 Å². The first-order valence-electron chi connectivity index (χ1n) is 10.6. The number of rotatable bonds is 4.